The first-order chi connectivity index (χ1) is 11.9. The zero-order chi connectivity index (χ0) is 19.7. The van der Waals surface area contributed by atoms with Gasteiger partial charge in [0, 0.05) is 20.1 Å². The van der Waals surface area contributed by atoms with Crippen molar-refractivity contribution in [3.8, 4) is 0 Å². The molecule has 1 aliphatic carbocycles. The highest BCUT2D eigenvalue weighted by molar-refractivity contribution is 7.90. The van der Waals surface area contributed by atoms with Crippen LogP contribution in [0, 0.1) is 17.8 Å². The van der Waals surface area contributed by atoms with Gasteiger partial charge in [0.05, 0.1) is 9.79 Å². The predicted molar refractivity (Wildman–Crippen MR) is 103 cm³/mol. The molecule has 0 bridgehead atoms. The number of nitrogens with zero attached hydrogens (tertiary/aromatic N) is 1. The second kappa shape index (κ2) is 7.96. The second-order valence-electron chi connectivity index (χ2n) is 7.82. The fourth-order valence-corrected chi connectivity index (χ4v) is 5.99. The fourth-order valence-electron chi connectivity index (χ4n) is 3.62. The Kier molecular flexibility index (Phi) is 6.53. The molecule has 0 saturated heterocycles. The smallest absolute Gasteiger partial charge is 0.208 e. The summed E-state index contributed by atoms with van der Waals surface area (Å²) in [6.45, 7) is 6.38. The number of benzene rings is 1. The monoisotopic (exact) mass is 402 g/mol. The van der Waals surface area contributed by atoms with Gasteiger partial charge in [0.25, 0.3) is 0 Å². The van der Waals surface area contributed by atoms with E-state index in [1.54, 1.807) is 0 Å². The molecule has 0 aromatic heterocycles. The molecular weight excluding hydrogens is 372 g/mol. The van der Waals surface area contributed by atoms with Crippen molar-refractivity contribution in [2.24, 2.45) is 17.8 Å². The summed E-state index contributed by atoms with van der Waals surface area (Å²) >= 11 is 0. The third-order valence-electron chi connectivity index (χ3n) is 5.22. The summed E-state index contributed by atoms with van der Waals surface area (Å²) in [6, 6.07) is 5.42. The molecule has 0 aliphatic heterocycles. The molecule has 1 N–H and O–H groups in total. The van der Waals surface area contributed by atoms with E-state index in [0.717, 1.165) is 23.6 Å². The van der Waals surface area contributed by atoms with Gasteiger partial charge >= 0.3 is 0 Å². The molecule has 0 unspecified atom stereocenters. The average Bonchev–Trinajstić information content (AvgIpc) is 2.54. The Bertz CT molecular complexity index is 833. The van der Waals surface area contributed by atoms with Crippen molar-refractivity contribution < 1.29 is 16.8 Å². The van der Waals surface area contributed by atoms with Crippen LogP contribution in [0.1, 0.15) is 40.0 Å². The van der Waals surface area contributed by atoms with Gasteiger partial charge < -0.3 is 0 Å². The van der Waals surface area contributed by atoms with E-state index in [1.165, 1.54) is 38.4 Å². The van der Waals surface area contributed by atoms with E-state index in [1.807, 2.05) is 0 Å². The standard InChI is InChI=1S/C18H30N2O4S2/c1-13(2)17-10-9-14(3)11-18(17)19-25(21,22)15-7-6-8-16(12-15)26(23,24)20(4)5/h6-8,12-14,17-19H,9-11H2,1-5H3/t14-,17+,18+/m0/s1. The molecule has 0 radical (unpaired) electrons. The lowest BCUT2D eigenvalue weighted by atomic mass is 9.74. The van der Waals surface area contributed by atoms with E-state index >= 15 is 0 Å². The molecule has 6 nitrogen and oxygen atoms in total. The molecule has 1 aromatic rings. The summed E-state index contributed by atoms with van der Waals surface area (Å²) in [5.41, 5.74) is 0. The molecule has 0 heterocycles. The Labute approximate surface area is 158 Å². The number of hydrogen-bond donors (Lipinski definition) is 1. The van der Waals surface area contributed by atoms with Crippen LogP contribution in [0.2, 0.25) is 0 Å². The quantitative estimate of drug-likeness (QED) is 0.793. The molecule has 1 aromatic carbocycles. The first kappa shape index (κ1) is 21.3. The fraction of sp³-hybridized carbons (Fsp3) is 0.667. The SMILES string of the molecule is CC(C)[C@H]1CC[C@H](C)C[C@H]1NS(=O)(=O)c1cccc(S(=O)(=O)N(C)C)c1. The second-order valence-corrected chi connectivity index (χ2v) is 11.7. The van der Waals surface area contributed by atoms with Crippen molar-refractivity contribution in [1.29, 1.82) is 0 Å². The van der Waals surface area contributed by atoms with E-state index < -0.39 is 20.0 Å². The highest BCUT2D eigenvalue weighted by Gasteiger charge is 2.34. The number of rotatable bonds is 6. The molecule has 1 fully saturated rings. The summed E-state index contributed by atoms with van der Waals surface area (Å²) in [5, 5.41) is 0. The van der Waals surface area contributed by atoms with Crippen LogP contribution < -0.4 is 4.72 Å². The highest BCUT2D eigenvalue weighted by atomic mass is 32.2. The molecule has 8 heteroatoms. The Morgan fingerprint density at radius 1 is 1.08 bits per heavy atom. The van der Waals surface area contributed by atoms with Crippen LogP contribution in [0.25, 0.3) is 0 Å². The van der Waals surface area contributed by atoms with E-state index in [2.05, 4.69) is 25.5 Å². The molecule has 1 saturated carbocycles. The summed E-state index contributed by atoms with van der Waals surface area (Å²) < 4.78 is 54.3. The van der Waals surface area contributed by atoms with Crippen LogP contribution in [0.5, 0.6) is 0 Å². The van der Waals surface area contributed by atoms with Crippen LogP contribution in [0.3, 0.4) is 0 Å². The first-order valence-corrected chi connectivity index (χ1v) is 11.9. The molecule has 1 aliphatic rings. The number of sulfonamides is 2. The van der Waals surface area contributed by atoms with Crippen molar-refractivity contribution in [3.63, 3.8) is 0 Å². The molecule has 148 valence electrons. The van der Waals surface area contributed by atoms with Gasteiger partial charge in [0.1, 0.15) is 0 Å². The Hall–Kier alpha value is -0.960. The maximum absolute atomic E-state index is 12.9. The van der Waals surface area contributed by atoms with Gasteiger partial charge in [-0.1, -0.05) is 33.3 Å². The Morgan fingerprint density at radius 2 is 1.69 bits per heavy atom. The largest absolute Gasteiger partial charge is 0.242 e. The minimum absolute atomic E-state index is 0.0128. The number of nitrogens with one attached hydrogen (secondary N) is 1. The maximum Gasteiger partial charge on any atom is 0.242 e. The van der Waals surface area contributed by atoms with Gasteiger partial charge in [-0.05, 0) is 48.8 Å². The van der Waals surface area contributed by atoms with E-state index in [-0.39, 0.29) is 21.8 Å². The summed E-state index contributed by atoms with van der Waals surface area (Å²) in [5.74, 6) is 1.14. The lowest BCUT2D eigenvalue weighted by molar-refractivity contribution is 0.188. The molecular formula is C18H30N2O4S2. The lowest BCUT2D eigenvalue weighted by Crippen LogP contribution is -2.45. The minimum atomic E-state index is -3.79. The van der Waals surface area contributed by atoms with Gasteiger partial charge in [0.15, 0.2) is 0 Å². The normalized spacial score (nSPS) is 25.0. The third kappa shape index (κ3) is 4.65. The summed E-state index contributed by atoms with van der Waals surface area (Å²) in [7, 11) is -4.63. The van der Waals surface area contributed by atoms with E-state index in [0.29, 0.717) is 11.8 Å². The molecule has 0 amide bonds. The number of hydrogen-bond acceptors (Lipinski definition) is 4. The first-order valence-electron chi connectivity index (χ1n) is 9.00. The van der Waals surface area contributed by atoms with Crippen LogP contribution in [-0.2, 0) is 20.0 Å². The van der Waals surface area contributed by atoms with Gasteiger partial charge in [0.2, 0.25) is 20.0 Å². The average molecular weight is 403 g/mol. The maximum atomic E-state index is 12.9. The highest BCUT2D eigenvalue weighted by Crippen LogP contribution is 2.34. The third-order valence-corrected chi connectivity index (χ3v) is 8.52. The molecule has 3 atom stereocenters. The van der Waals surface area contributed by atoms with Crippen molar-refractivity contribution >= 4 is 20.0 Å². The zero-order valence-corrected chi connectivity index (χ0v) is 17.8. The molecule has 2 rings (SSSR count). The Morgan fingerprint density at radius 3 is 2.27 bits per heavy atom. The van der Waals surface area contributed by atoms with Gasteiger partial charge in [-0.15, -0.1) is 0 Å². The van der Waals surface area contributed by atoms with Gasteiger partial charge in [-0.3, -0.25) is 0 Å². The molecule has 26 heavy (non-hydrogen) atoms. The van der Waals surface area contributed by atoms with Crippen LogP contribution in [0.15, 0.2) is 34.1 Å². The minimum Gasteiger partial charge on any atom is -0.208 e. The summed E-state index contributed by atoms with van der Waals surface area (Å²) in [6.07, 6.45) is 2.91. The van der Waals surface area contributed by atoms with Crippen molar-refractivity contribution in [2.75, 3.05) is 14.1 Å². The van der Waals surface area contributed by atoms with Crippen molar-refractivity contribution in [3.05, 3.63) is 24.3 Å². The summed E-state index contributed by atoms with van der Waals surface area (Å²) in [4.78, 5) is -0.0380. The van der Waals surface area contributed by atoms with Gasteiger partial charge in [-0.2, -0.15) is 0 Å². The van der Waals surface area contributed by atoms with E-state index in [4.69, 9.17) is 0 Å². The van der Waals surface area contributed by atoms with Crippen molar-refractivity contribution in [2.45, 2.75) is 55.9 Å². The van der Waals surface area contributed by atoms with Crippen LogP contribution in [0.4, 0.5) is 0 Å². The van der Waals surface area contributed by atoms with Gasteiger partial charge in [-0.25, -0.2) is 25.9 Å². The van der Waals surface area contributed by atoms with E-state index in [9.17, 15) is 16.8 Å². The zero-order valence-electron chi connectivity index (χ0n) is 16.1. The topological polar surface area (TPSA) is 83.5 Å². The Balaban J connectivity index is 2.33. The lowest BCUT2D eigenvalue weighted by Gasteiger charge is -2.37. The predicted octanol–water partition coefficient (Wildman–Crippen LogP) is 2.68. The molecule has 0 spiro atoms. The van der Waals surface area contributed by atoms with Crippen LogP contribution >= 0.6 is 0 Å². The van der Waals surface area contributed by atoms with Crippen LogP contribution in [-0.4, -0.2) is 41.3 Å². The van der Waals surface area contributed by atoms with Crippen molar-refractivity contribution in [1.82, 2.24) is 9.03 Å².